The van der Waals surface area contributed by atoms with Crippen LogP contribution < -0.4 is 0 Å². The van der Waals surface area contributed by atoms with Gasteiger partial charge in [0.25, 0.3) is 0 Å². The van der Waals surface area contributed by atoms with E-state index in [9.17, 15) is 4.39 Å². The fourth-order valence-corrected chi connectivity index (χ4v) is 2.83. The van der Waals surface area contributed by atoms with Crippen molar-refractivity contribution in [2.24, 2.45) is 0 Å². The van der Waals surface area contributed by atoms with Gasteiger partial charge in [-0.3, -0.25) is 0 Å². The third-order valence-electron chi connectivity index (χ3n) is 2.97. The van der Waals surface area contributed by atoms with Crippen molar-refractivity contribution in [1.82, 2.24) is 9.97 Å². The molecule has 0 aliphatic carbocycles. The minimum Gasteiger partial charge on any atom is -0.338 e. The Balaban J connectivity index is 2.20. The highest BCUT2D eigenvalue weighted by molar-refractivity contribution is 9.10. The molecule has 0 fully saturated rings. The molecule has 0 unspecified atom stereocenters. The van der Waals surface area contributed by atoms with Crippen LogP contribution in [-0.2, 0) is 0 Å². The molecule has 96 valence electrons. The molecular weight excluding hydrogens is 375 g/mol. The number of imidazole rings is 1. The van der Waals surface area contributed by atoms with Crippen molar-refractivity contribution >= 4 is 42.9 Å². The van der Waals surface area contributed by atoms with Crippen LogP contribution in [0.3, 0.4) is 0 Å². The van der Waals surface area contributed by atoms with Gasteiger partial charge < -0.3 is 4.98 Å². The number of benzene rings is 2. The smallest absolute Gasteiger partial charge is 0.139 e. The second-order valence-corrected chi connectivity index (χ2v) is 6.10. The molecule has 3 aromatic rings. The van der Waals surface area contributed by atoms with Gasteiger partial charge in [-0.05, 0) is 52.7 Å². The van der Waals surface area contributed by atoms with Gasteiger partial charge in [-0.1, -0.05) is 15.9 Å². The van der Waals surface area contributed by atoms with E-state index in [0.29, 0.717) is 9.99 Å². The number of rotatable bonds is 1. The zero-order valence-corrected chi connectivity index (χ0v) is 13.1. The summed E-state index contributed by atoms with van der Waals surface area (Å²) in [6.07, 6.45) is 0. The maximum absolute atomic E-state index is 13.5. The Morgan fingerprint density at radius 1 is 1.16 bits per heavy atom. The molecule has 1 heterocycles. The molecule has 1 N–H and O–H groups in total. The average Bonchev–Trinajstić information content (AvgIpc) is 2.72. The summed E-state index contributed by atoms with van der Waals surface area (Å²) < 4.78 is 14.9. The van der Waals surface area contributed by atoms with Gasteiger partial charge in [-0.2, -0.15) is 0 Å². The predicted molar refractivity (Wildman–Crippen MR) is 81.6 cm³/mol. The second kappa shape index (κ2) is 4.72. The number of aryl methyl sites for hydroxylation is 1. The molecule has 0 saturated carbocycles. The summed E-state index contributed by atoms with van der Waals surface area (Å²) in [7, 11) is 0. The number of nitrogens with one attached hydrogen (secondary N) is 1. The number of halogens is 3. The van der Waals surface area contributed by atoms with Gasteiger partial charge in [0.1, 0.15) is 11.6 Å². The largest absolute Gasteiger partial charge is 0.338 e. The van der Waals surface area contributed by atoms with Crippen LogP contribution in [0.5, 0.6) is 0 Å². The molecule has 19 heavy (non-hydrogen) atoms. The molecule has 0 saturated heterocycles. The van der Waals surface area contributed by atoms with Crippen molar-refractivity contribution in [2.45, 2.75) is 6.92 Å². The Morgan fingerprint density at radius 2 is 1.95 bits per heavy atom. The van der Waals surface area contributed by atoms with Gasteiger partial charge in [0.05, 0.1) is 15.5 Å². The molecule has 0 spiro atoms. The molecule has 5 heteroatoms. The third kappa shape index (κ3) is 2.32. The van der Waals surface area contributed by atoms with E-state index in [1.165, 1.54) is 6.07 Å². The quantitative estimate of drug-likeness (QED) is 0.614. The summed E-state index contributed by atoms with van der Waals surface area (Å²) in [6.45, 7) is 2.02. The number of hydrogen-bond acceptors (Lipinski definition) is 1. The Bertz CT molecular complexity index is 741. The topological polar surface area (TPSA) is 28.7 Å². The molecule has 1 aromatic heterocycles. The number of aromatic amines is 1. The van der Waals surface area contributed by atoms with Crippen molar-refractivity contribution in [3.8, 4) is 11.4 Å². The first-order valence-corrected chi connectivity index (χ1v) is 7.24. The standard InChI is InChI=1S/C14H9Br2FN2/c1-7-4-8(15)2-3-9(7)14-18-12-5-10(16)11(17)6-13(12)19-14/h2-6H,1H3,(H,18,19). The monoisotopic (exact) mass is 382 g/mol. The lowest BCUT2D eigenvalue weighted by molar-refractivity contribution is 0.623. The fraction of sp³-hybridized carbons (Fsp3) is 0.0714. The summed E-state index contributed by atoms with van der Waals surface area (Å²) in [4.78, 5) is 7.66. The van der Waals surface area contributed by atoms with Crippen LogP contribution in [0.1, 0.15) is 5.56 Å². The zero-order chi connectivity index (χ0) is 13.6. The van der Waals surface area contributed by atoms with Crippen molar-refractivity contribution in [2.75, 3.05) is 0 Å². The number of H-pyrrole nitrogens is 1. The second-order valence-electron chi connectivity index (χ2n) is 4.33. The molecule has 0 atom stereocenters. The molecule has 2 aromatic carbocycles. The summed E-state index contributed by atoms with van der Waals surface area (Å²) in [5, 5.41) is 0. The van der Waals surface area contributed by atoms with Crippen molar-refractivity contribution < 1.29 is 4.39 Å². The zero-order valence-electron chi connectivity index (χ0n) is 9.97. The van der Waals surface area contributed by atoms with E-state index in [4.69, 9.17) is 0 Å². The van der Waals surface area contributed by atoms with Crippen LogP contribution in [-0.4, -0.2) is 9.97 Å². The highest BCUT2D eigenvalue weighted by atomic mass is 79.9. The summed E-state index contributed by atoms with van der Waals surface area (Å²) in [6, 6.07) is 9.11. The van der Waals surface area contributed by atoms with Gasteiger partial charge >= 0.3 is 0 Å². The maximum Gasteiger partial charge on any atom is 0.139 e. The van der Waals surface area contributed by atoms with E-state index in [2.05, 4.69) is 41.8 Å². The lowest BCUT2D eigenvalue weighted by atomic mass is 10.1. The van der Waals surface area contributed by atoms with Crippen LogP contribution in [0.15, 0.2) is 39.3 Å². The molecule has 0 aliphatic rings. The molecule has 0 aliphatic heterocycles. The van der Waals surface area contributed by atoms with Crippen molar-refractivity contribution in [1.29, 1.82) is 0 Å². The number of hydrogen-bond donors (Lipinski definition) is 1. The first-order chi connectivity index (χ1) is 9.04. The Labute approximate surface area is 126 Å². The van der Waals surface area contributed by atoms with Crippen LogP contribution in [0, 0.1) is 12.7 Å². The molecule has 2 nitrogen and oxygen atoms in total. The van der Waals surface area contributed by atoms with Crippen LogP contribution in [0.25, 0.3) is 22.4 Å². The SMILES string of the molecule is Cc1cc(Br)ccc1-c1nc2cc(Br)c(F)cc2[nH]1. The van der Waals surface area contributed by atoms with Gasteiger partial charge in [0.2, 0.25) is 0 Å². The number of aromatic nitrogens is 2. The van der Waals surface area contributed by atoms with Gasteiger partial charge in [0.15, 0.2) is 0 Å². The van der Waals surface area contributed by atoms with E-state index in [1.54, 1.807) is 6.07 Å². The minimum atomic E-state index is -0.296. The Morgan fingerprint density at radius 3 is 2.68 bits per heavy atom. The molecule has 0 bridgehead atoms. The van der Waals surface area contributed by atoms with Crippen molar-refractivity contribution in [3.05, 3.63) is 50.7 Å². The third-order valence-corrected chi connectivity index (χ3v) is 4.07. The lowest BCUT2D eigenvalue weighted by Crippen LogP contribution is -1.85. The normalized spacial score (nSPS) is 11.2. The van der Waals surface area contributed by atoms with Gasteiger partial charge in [0, 0.05) is 16.1 Å². The first kappa shape index (κ1) is 12.8. The Hall–Kier alpha value is -1.20. The van der Waals surface area contributed by atoms with Crippen LogP contribution in [0.4, 0.5) is 4.39 Å². The summed E-state index contributed by atoms with van der Waals surface area (Å²) in [5.41, 5.74) is 3.55. The number of fused-ring (bicyclic) bond motifs is 1. The molecule has 0 amide bonds. The average molecular weight is 384 g/mol. The number of nitrogens with zero attached hydrogens (tertiary/aromatic N) is 1. The van der Waals surface area contributed by atoms with Crippen LogP contribution in [0.2, 0.25) is 0 Å². The predicted octanol–water partition coefficient (Wildman–Crippen LogP) is 5.20. The molecule has 0 radical (unpaired) electrons. The minimum absolute atomic E-state index is 0.296. The van der Waals surface area contributed by atoms with Crippen molar-refractivity contribution in [3.63, 3.8) is 0 Å². The highest BCUT2D eigenvalue weighted by Gasteiger charge is 2.10. The lowest BCUT2D eigenvalue weighted by Gasteiger charge is -2.02. The Kier molecular flexibility index (Phi) is 3.19. The fourth-order valence-electron chi connectivity index (χ4n) is 2.03. The van der Waals surface area contributed by atoms with E-state index < -0.39 is 0 Å². The van der Waals surface area contributed by atoms with E-state index in [0.717, 1.165) is 26.9 Å². The molecule has 3 rings (SSSR count). The van der Waals surface area contributed by atoms with Gasteiger partial charge in [-0.15, -0.1) is 0 Å². The van der Waals surface area contributed by atoms with E-state index in [-0.39, 0.29) is 5.82 Å². The van der Waals surface area contributed by atoms with Crippen LogP contribution >= 0.6 is 31.9 Å². The summed E-state index contributed by atoms with van der Waals surface area (Å²) in [5.74, 6) is 0.452. The van der Waals surface area contributed by atoms with Gasteiger partial charge in [-0.25, -0.2) is 9.37 Å². The maximum atomic E-state index is 13.5. The highest BCUT2D eigenvalue weighted by Crippen LogP contribution is 2.28. The molecular formula is C14H9Br2FN2. The van der Waals surface area contributed by atoms with E-state index in [1.807, 2.05) is 25.1 Å². The van der Waals surface area contributed by atoms with E-state index >= 15 is 0 Å². The first-order valence-electron chi connectivity index (χ1n) is 5.66. The summed E-state index contributed by atoms with van der Waals surface area (Å²) >= 11 is 6.61.